The van der Waals surface area contributed by atoms with Gasteiger partial charge in [0.1, 0.15) is 0 Å². The maximum absolute atomic E-state index is 2.26. The van der Waals surface area contributed by atoms with Gasteiger partial charge in [-0.25, -0.2) is 0 Å². The number of unbranched alkanes of at least 4 members (excludes halogenated alkanes) is 6. The second kappa shape index (κ2) is 23.0. The molecule has 0 aromatic carbocycles. The summed E-state index contributed by atoms with van der Waals surface area (Å²) < 4.78 is 0. The van der Waals surface area contributed by atoms with E-state index in [0.717, 1.165) is 0 Å². The molecule has 0 rings (SSSR count). The van der Waals surface area contributed by atoms with Crippen LogP contribution in [0.2, 0.25) is 0 Å². The van der Waals surface area contributed by atoms with Crippen molar-refractivity contribution in [2.24, 2.45) is 0 Å². The van der Waals surface area contributed by atoms with Crippen molar-refractivity contribution in [3.8, 4) is 0 Å². The number of halogens is 2. The molecule has 0 radical (unpaired) electrons. The molecular weight excluding hydrogens is 292 g/mol. The summed E-state index contributed by atoms with van der Waals surface area (Å²) in [5, 5.41) is 0. The van der Waals surface area contributed by atoms with Crippen LogP contribution in [0.15, 0.2) is 0 Å². The van der Waals surface area contributed by atoms with Gasteiger partial charge in [0.2, 0.25) is 0 Å². The first-order valence-electron chi connectivity index (χ1n) is 4.41. The smallest absolute Gasteiger partial charge is 1.00 e. The van der Waals surface area contributed by atoms with E-state index < -0.39 is 0 Å². The van der Waals surface area contributed by atoms with E-state index in [2.05, 4.69) is 13.8 Å². The van der Waals surface area contributed by atoms with Gasteiger partial charge in [0.05, 0.1) is 0 Å². The van der Waals surface area contributed by atoms with Gasteiger partial charge in [0, 0.05) is 0 Å². The molecule has 0 aromatic rings. The van der Waals surface area contributed by atoms with E-state index in [9.17, 15) is 0 Å². The van der Waals surface area contributed by atoms with Gasteiger partial charge in [0.25, 0.3) is 0 Å². The Kier molecular flexibility index (Phi) is 45.0. The molecule has 0 aromatic heterocycles. The number of hydrogen-bond acceptors (Lipinski definition) is 0. The predicted molar refractivity (Wildman–Crippen MR) is 49.4 cm³/mol. The average Bonchev–Trinajstić information content (AvgIpc) is 1.89. The van der Waals surface area contributed by atoms with E-state index in [1.807, 2.05) is 0 Å². The molecule has 0 nitrogen and oxygen atoms in total. The van der Waals surface area contributed by atoms with Crippen LogP contribution in [0.4, 0.5) is 0 Å². The van der Waals surface area contributed by atoms with Crippen LogP contribution in [0.5, 0.6) is 0 Å². The molecule has 0 aliphatic carbocycles. The van der Waals surface area contributed by atoms with Gasteiger partial charge in [-0.3, -0.25) is 0 Å². The average molecular weight is 312 g/mol. The van der Waals surface area contributed by atoms with Crippen molar-refractivity contribution < 1.29 is 34.0 Å². The van der Waals surface area contributed by atoms with E-state index >= 15 is 0 Å². The normalized spacial score (nSPS) is 7.50. The third-order valence-corrected chi connectivity index (χ3v) is 1.71. The molecule has 0 N–H and O–H groups in total. The minimum absolute atomic E-state index is 0. The van der Waals surface area contributed by atoms with Crippen LogP contribution >= 0.6 is 0 Å². The molecule has 3 heteroatoms. The van der Waals surface area contributed by atoms with Crippen molar-refractivity contribution in [1.82, 2.24) is 0 Å². The topological polar surface area (TPSA) is 0 Å². The zero-order chi connectivity index (χ0) is 6.95. The third kappa shape index (κ3) is 22.6. The quantitative estimate of drug-likeness (QED) is 0.372. The fourth-order valence-electron chi connectivity index (χ4n) is 1.03. The fourth-order valence-corrected chi connectivity index (χ4v) is 1.03. The Morgan fingerprint density at radius 1 is 0.583 bits per heavy atom. The zero-order valence-electron chi connectivity index (χ0n) is 8.41. The predicted octanol–water partition coefficient (Wildman–Crippen LogP) is -2.62. The first-order chi connectivity index (χ1) is 4.41. The monoisotopic (exact) mass is 310 g/mol. The second-order valence-electron chi connectivity index (χ2n) is 2.77. The molecule has 12 heavy (non-hydrogen) atoms. The van der Waals surface area contributed by atoms with E-state index in [0.29, 0.717) is 0 Å². The Balaban J connectivity index is -0.000000107. The molecule has 0 aliphatic rings. The van der Waals surface area contributed by atoms with Gasteiger partial charge in [-0.15, -0.1) is 0 Å². The molecule has 0 spiro atoms. The van der Waals surface area contributed by atoms with Crippen LogP contribution in [0.25, 0.3) is 0 Å². The summed E-state index contributed by atoms with van der Waals surface area (Å²) >= 11 is 0. The summed E-state index contributed by atoms with van der Waals surface area (Å²) in [5.41, 5.74) is 0. The van der Waals surface area contributed by atoms with E-state index in [4.69, 9.17) is 0 Å². The van der Waals surface area contributed by atoms with Gasteiger partial charge in [-0.2, -0.15) is 0 Å². The summed E-state index contributed by atoms with van der Waals surface area (Å²) in [6.07, 6.45) is 9.97. The second-order valence-corrected chi connectivity index (χ2v) is 2.77. The molecule has 0 unspecified atom stereocenters. The summed E-state index contributed by atoms with van der Waals surface area (Å²) in [4.78, 5) is 0. The zero-order valence-corrected chi connectivity index (χ0v) is 13.0. The van der Waals surface area contributed by atoms with Crippen molar-refractivity contribution >= 4 is 23.1 Å². The molecule has 72 valence electrons. The SMILES string of the molecule is CCCCCCCCC.[Br-].[Br-].[Mg+2]. The Morgan fingerprint density at radius 2 is 0.833 bits per heavy atom. The van der Waals surface area contributed by atoms with Crippen molar-refractivity contribution in [3.05, 3.63) is 0 Å². The summed E-state index contributed by atoms with van der Waals surface area (Å²) in [5.74, 6) is 0. The molecule has 0 amide bonds. The molecule has 0 saturated heterocycles. The summed E-state index contributed by atoms with van der Waals surface area (Å²) in [6.45, 7) is 4.53. The van der Waals surface area contributed by atoms with Crippen LogP contribution in [0.1, 0.15) is 58.8 Å². The van der Waals surface area contributed by atoms with Gasteiger partial charge >= 0.3 is 23.1 Å². The van der Waals surface area contributed by atoms with Crippen LogP contribution in [0, 0.1) is 0 Å². The maximum atomic E-state index is 2.26. The van der Waals surface area contributed by atoms with Crippen molar-refractivity contribution in [2.45, 2.75) is 58.8 Å². The van der Waals surface area contributed by atoms with Crippen LogP contribution < -0.4 is 34.0 Å². The van der Waals surface area contributed by atoms with Crippen LogP contribution in [-0.4, -0.2) is 23.1 Å². The summed E-state index contributed by atoms with van der Waals surface area (Å²) in [7, 11) is 0. The van der Waals surface area contributed by atoms with Crippen molar-refractivity contribution in [1.29, 1.82) is 0 Å². The molecule has 0 atom stereocenters. The van der Waals surface area contributed by atoms with Crippen molar-refractivity contribution in [2.75, 3.05) is 0 Å². The largest absolute Gasteiger partial charge is 2.00 e. The van der Waals surface area contributed by atoms with Gasteiger partial charge < -0.3 is 34.0 Å². The molecule has 0 saturated carbocycles. The van der Waals surface area contributed by atoms with Gasteiger partial charge in [0.15, 0.2) is 0 Å². The maximum Gasteiger partial charge on any atom is 2.00 e. The minimum Gasteiger partial charge on any atom is -1.00 e. The number of rotatable bonds is 6. The third-order valence-electron chi connectivity index (χ3n) is 1.71. The summed E-state index contributed by atoms with van der Waals surface area (Å²) in [6, 6.07) is 0. The van der Waals surface area contributed by atoms with E-state index in [-0.39, 0.29) is 57.0 Å². The van der Waals surface area contributed by atoms with E-state index in [1.54, 1.807) is 0 Å². The Bertz CT molecular complexity index is 45.8. The molecular formula is C9H20Br2Mg. The fraction of sp³-hybridized carbons (Fsp3) is 1.00. The van der Waals surface area contributed by atoms with Crippen LogP contribution in [0.3, 0.4) is 0 Å². The number of hydrogen-bond donors (Lipinski definition) is 0. The molecule has 0 bridgehead atoms. The first-order valence-corrected chi connectivity index (χ1v) is 4.41. The standard InChI is InChI=1S/C9H20.2BrH.Mg/c1-3-5-7-9-8-6-4-2;;;/h3-9H2,1-2H3;2*1H;/q;;;+2/p-2. The van der Waals surface area contributed by atoms with Crippen LogP contribution in [-0.2, 0) is 0 Å². The molecule has 0 aliphatic heterocycles. The van der Waals surface area contributed by atoms with E-state index in [1.165, 1.54) is 44.9 Å². The molecule has 0 fully saturated rings. The Hall–Kier alpha value is 1.73. The Morgan fingerprint density at radius 3 is 1.08 bits per heavy atom. The van der Waals surface area contributed by atoms with Gasteiger partial charge in [-0.05, 0) is 0 Å². The molecule has 0 heterocycles. The first kappa shape index (κ1) is 23.5. The van der Waals surface area contributed by atoms with Crippen molar-refractivity contribution in [3.63, 3.8) is 0 Å². The van der Waals surface area contributed by atoms with Gasteiger partial charge in [-0.1, -0.05) is 58.8 Å². The Labute approximate surface area is 115 Å². The minimum atomic E-state index is 0.